The standard InChI is InChI=1S/C14H19N5OS2/c1-10(13(20)15-9-12-7-4-8-21-12)22-14-16-17-18-19(14)11-5-2-3-6-11/h4,7-8,10-11H,2-3,5-6,9H2,1H3,(H,15,20). The van der Waals surface area contributed by atoms with E-state index in [0.717, 1.165) is 22.9 Å². The van der Waals surface area contributed by atoms with Gasteiger partial charge in [0.1, 0.15) is 0 Å². The molecule has 1 unspecified atom stereocenters. The smallest absolute Gasteiger partial charge is 0.233 e. The van der Waals surface area contributed by atoms with Gasteiger partial charge in [0.15, 0.2) is 0 Å². The summed E-state index contributed by atoms with van der Waals surface area (Å²) in [7, 11) is 0. The predicted octanol–water partition coefficient (Wildman–Crippen LogP) is 2.65. The molecular weight excluding hydrogens is 318 g/mol. The van der Waals surface area contributed by atoms with E-state index in [1.807, 2.05) is 29.1 Å². The molecule has 22 heavy (non-hydrogen) atoms. The van der Waals surface area contributed by atoms with E-state index in [-0.39, 0.29) is 11.2 Å². The number of thiophene rings is 1. The summed E-state index contributed by atoms with van der Waals surface area (Å²) in [6.45, 7) is 2.47. The highest BCUT2D eigenvalue weighted by Gasteiger charge is 2.24. The van der Waals surface area contributed by atoms with Crippen molar-refractivity contribution < 1.29 is 4.79 Å². The molecular formula is C14H19N5OS2. The molecule has 3 rings (SSSR count). The zero-order valence-electron chi connectivity index (χ0n) is 12.4. The Morgan fingerprint density at radius 1 is 1.55 bits per heavy atom. The molecule has 2 aromatic rings. The lowest BCUT2D eigenvalue weighted by atomic mass is 10.3. The number of aromatic nitrogens is 4. The number of amides is 1. The molecule has 2 heterocycles. The maximum atomic E-state index is 12.2. The summed E-state index contributed by atoms with van der Waals surface area (Å²) < 4.78 is 1.89. The van der Waals surface area contributed by atoms with E-state index in [4.69, 9.17) is 0 Å². The fourth-order valence-electron chi connectivity index (χ4n) is 2.58. The highest BCUT2D eigenvalue weighted by atomic mass is 32.2. The largest absolute Gasteiger partial charge is 0.350 e. The topological polar surface area (TPSA) is 72.7 Å². The third-order valence-electron chi connectivity index (χ3n) is 3.80. The zero-order valence-corrected chi connectivity index (χ0v) is 14.1. The second-order valence-corrected chi connectivity index (χ2v) is 7.74. The number of nitrogens with zero attached hydrogens (tertiary/aromatic N) is 4. The van der Waals surface area contributed by atoms with Gasteiger partial charge in [0.05, 0.1) is 17.8 Å². The van der Waals surface area contributed by atoms with Crippen LogP contribution in [-0.2, 0) is 11.3 Å². The number of nitrogens with one attached hydrogen (secondary N) is 1. The molecule has 0 aromatic carbocycles. The molecule has 1 fully saturated rings. The maximum Gasteiger partial charge on any atom is 0.233 e. The minimum atomic E-state index is -0.217. The van der Waals surface area contributed by atoms with Crippen LogP contribution in [0.3, 0.4) is 0 Å². The second kappa shape index (κ2) is 7.23. The van der Waals surface area contributed by atoms with Crippen LogP contribution in [0.25, 0.3) is 0 Å². The average molecular weight is 337 g/mol. The first-order chi connectivity index (χ1) is 10.7. The van der Waals surface area contributed by atoms with Gasteiger partial charge in [0.2, 0.25) is 11.1 Å². The average Bonchev–Trinajstić information content (AvgIpc) is 3.25. The number of tetrazole rings is 1. The number of rotatable bonds is 6. The summed E-state index contributed by atoms with van der Waals surface area (Å²) in [5, 5.41) is 17.5. The molecule has 118 valence electrons. The quantitative estimate of drug-likeness (QED) is 0.820. The number of carbonyl (C=O) groups is 1. The third-order valence-corrected chi connectivity index (χ3v) is 5.73. The molecule has 1 atom stereocenters. The van der Waals surface area contributed by atoms with E-state index in [9.17, 15) is 4.79 Å². The van der Waals surface area contributed by atoms with Gasteiger partial charge in [0, 0.05) is 4.88 Å². The van der Waals surface area contributed by atoms with Gasteiger partial charge in [0.25, 0.3) is 0 Å². The molecule has 6 nitrogen and oxygen atoms in total. The summed E-state index contributed by atoms with van der Waals surface area (Å²) in [6.07, 6.45) is 4.70. The molecule has 1 aliphatic carbocycles. The van der Waals surface area contributed by atoms with Crippen molar-refractivity contribution in [2.24, 2.45) is 0 Å². The van der Waals surface area contributed by atoms with Gasteiger partial charge in [-0.25, -0.2) is 4.68 Å². The highest BCUT2D eigenvalue weighted by Crippen LogP contribution is 2.32. The summed E-state index contributed by atoms with van der Waals surface area (Å²) >= 11 is 3.07. The summed E-state index contributed by atoms with van der Waals surface area (Å²) in [4.78, 5) is 13.3. The van der Waals surface area contributed by atoms with Crippen molar-refractivity contribution in [3.05, 3.63) is 22.4 Å². The van der Waals surface area contributed by atoms with Crippen molar-refractivity contribution in [3.8, 4) is 0 Å². The first-order valence-corrected chi connectivity index (χ1v) is 9.24. The zero-order chi connectivity index (χ0) is 15.4. The van der Waals surface area contributed by atoms with Crippen LogP contribution >= 0.6 is 23.1 Å². The van der Waals surface area contributed by atoms with Gasteiger partial charge in [-0.3, -0.25) is 4.79 Å². The van der Waals surface area contributed by atoms with Crippen molar-refractivity contribution in [3.63, 3.8) is 0 Å². The van der Waals surface area contributed by atoms with Crippen molar-refractivity contribution in [1.29, 1.82) is 0 Å². The van der Waals surface area contributed by atoms with Crippen molar-refractivity contribution in [2.45, 2.75) is 55.6 Å². The predicted molar refractivity (Wildman–Crippen MR) is 86.8 cm³/mol. The molecule has 1 saturated carbocycles. The molecule has 0 saturated heterocycles. The van der Waals surface area contributed by atoms with Crippen molar-refractivity contribution in [2.75, 3.05) is 0 Å². The van der Waals surface area contributed by atoms with Gasteiger partial charge >= 0.3 is 0 Å². The first kappa shape index (κ1) is 15.5. The van der Waals surface area contributed by atoms with Crippen LogP contribution in [0.4, 0.5) is 0 Å². The van der Waals surface area contributed by atoms with Gasteiger partial charge in [-0.15, -0.1) is 16.4 Å². The normalized spacial score (nSPS) is 16.8. The minimum absolute atomic E-state index is 0.0133. The molecule has 0 radical (unpaired) electrons. The molecule has 8 heteroatoms. The Hall–Kier alpha value is -1.41. The molecule has 0 spiro atoms. The fourth-order valence-corrected chi connectivity index (χ4v) is 4.11. The Morgan fingerprint density at radius 2 is 2.36 bits per heavy atom. The van der Waals surface area contributed by atoms with E-state index in [0.29, 0.717) is 12.6 Å². The Bertz CT molecular complexity index is 607. The van der Waals surface area contributed by atoms with Crippen LogP contribution in [0.1, 0.15) is 43.5 Å². The Labute approximate surface area is 137 Å². The van der Waals surface area contributed by atoms with Crippen LogP contribution in [0, 0.1) is 0 Å². The Morgan fingerprint density at radius 3 is 3.09 bits per heavy atom. The summed E-state index contributed by atoms with van der Waals surface area (Å²) in [5.41, 5.74) is 0. The molecule has 1 aliphatic rings. The minimum Gasteiger partial charge on any atom is -0.350 e. The van der Waals surface area contributed by atoms with Crippen LogP contribution in [0.5, 0.6) is 0 Å². The lowest BCUT2D eigenvalue weighted by Crippen LogP contribution is -2.30. The fraction of sp³-hybridized carbons (Fsp3) is 0.571. The molecule has 0 bridgehead atoms. The highest BCUT2D eigenvalue weighted by molar-refractivity contribution is 8.00. The SMILES string of the molecule is CC(Sc1nnnn1C1CCCC1)C(=O)NCc1cccs1. The Balaban J connectivity index is 1.55. The van der Waals surface area contributed by atoms with Gasteiger partial charge in [-0.1, -0.05) is 30.7 Å². The molecule has 1 amide bonds. The van der Waals surface area contributed by atoms with E-state index in [2.05, 4.69) is 20.8 Å². The molecule has 0 aliphatic heterocycles. The number of hydrogen-bond acceptors (Lipinski definition) is 6. The van der Waals surface area contributed by atoms with Crippen LogP contribution in [0.15, 0.2) is 22.7 Å². The van der Waals surface area contributed by atoms with Gasteiger partial charge in [-0.05, 0) is 41.6 Å². The summed E-state index contributed by atoms with van der Waals surface area (Å²) in [6, 6.07) is 4.39. The van der Waals surface area contributed by atoms with Crippen molar-refractivity contribution in [1.82, 2.24) is 25.5 Å². The van der Waals surface area contributed by atoms with E-state index in [1.165, 1.54) is 24.6 Å². The maximum absolute atomic E-state index is 12.2. The van der Waals surface area contributed by atoms with Crippen LogP contribution < -0.4 is 5.32 Å². The number of carbonyl (C=O) groups excluding carboxylic acids is 1. The Kier molecular flexibility index (Phi) is 5.09. The third kappa shape index (κ3) is 3.67. The molecule has 2 aromatic heterocycles. The van der Waals surface area contributed by atoms with Crippen molar-refractivity contribution >= 4 is 29.0 Å². The number of thioether (sulfide) groups is 1. The lowest BCUT2D eigenvalue weighted by molar-refractivity contribution is -0.120. The van der Waals surface area contributed by atoms with E-state index < -0.39 is 0 Å². The van der Waals surface area contributed by atoms with Crippen LogP contribution in [0.2, 0.25) is 0 Å². The second-order valence-electron chi connectivity index (χ2n) is 5.40. The van der Waals surface area contributed by atoms with Gasteiger partial charge in [-0.2, -0.15) is 0 Å². The van der Waals surface area contributed by atoms with E-state index in [1.54, 1.807) is 11.3 Å². The number of hydrogen-bond donors (Lipinski definition) is 1. The first-order valence-electron chi connectivity index (χ1n) is 7.48. The van der Waals surface area contributed by atoms with Gasteiger partial charge < -0.3 is 5.32 Å². The van der Waals surface area contributed by atoms with E-state index >= 15 is 0 Å². The lowest BCUT2D eigenvalue weighted by Gasteiger charge is -2.14. The monoisotopic (exact) mass is 337 g/mol. The van der Waals surface area contributed by atoms with Crippen LogP contribution in [-0.4, -0.2) is 31.4 Å². The molecule has 1 N–H and O–H groups in total. The summed E-state index contributed by atoms with van der Waals surface area (Å²) in [5.74, 6) is 0.0133.